The number of carboxylic acids is 1. The maximum absolute atomic E-state index is 13.0. The van der Waals surface area contributed by atoms with E-state index in [1.54, 1.807) is 48.5 Å². The van der Waals surface area contributed by atoms with E-state index in [1.165, 1.54) is 43.9 Å². The lowest BCUT2D eigenvalue weighted by atomic mass is 10.0. The molecule has 3 aliphatic rings. The maximum atomic E-state index is 13.0. The highest BCUT2D eigenvalue weighted by Crippen LogP contribution is 2.17. The van der Waals surface area contributed by atoms with Crippen molar-refractivity contribution in [3.63, 3.8) is 0 Å². The van der Waals surface area contributed by atoms with Crippen LogP contribution in [0.3, 0.4) is 0 Å². The first-order valence-electron chi connectivity index (χ1n) is 16.5. The van der Waals surface area contributed by atoms with Crippen LogP contribution in [-0.2, 0) is 22.7 Å². The summed E-state index contributed by atoms with van der Waals surface area (Å²) in [6, 6.07) is 18.1. The van der Waals surface area contributed by atoms with E-state index in [9.17, 15) is 29.1 Å². The first-order chi connectivity index (χ1) is 22.8. The smallest absolute Gasteiger partial charge is 0.335 e. The fourth-order valence-corrected chi connectivity index (χ4v) is 5.43. The van der Waals surface area contributed by atoms with Crippen LogP contribution in [0.15, 0.2) is 66.7 Å². The predicted molar refractivity (Wildman–Crippen MR) is 181 cm³/mol. The molecule has 248 valence electrons. The maximum Gasteiger partial charge on any atom is 0.335 e. The van der Waals surface area contributed by atoms with E-state index in [-0.39, 0.29) is 41.6 Å². The minimum Gasteiger partial charge on any atom is -0.478 e. The number of carbonyl (C=O) groups is 5. The average Bonchev–Trinajstić information content (AvgIpc) is 3.07. The molecule has 10 nitrogen and oxygen atoms in total. The Balaban J connectivity index is 1.42. The summed E-state index contributed by atoms with van der Waals surface area (Å²) in [5.74, 6) is -2.38. The molecule has 3 aromatic carbocycles. The van der Waals surface area contributed by atoms with Crippen LogP contribution in [0.2, 0.25) is 0 Å². The molecule has 6 bridgehead atoms. The van der Waals surface area contributed by atoms with Crippen molar-refractivity contribution in [2.24, 2.45) is 0 Å². The molecule has 0 unspecified atom stereocenters. The van der Waals surface area contributed by atoms with Crippen molar-refractivity contribution in [1.29, 1.82) is 0 Å². The summed E-state index contributed by atoms with van der Waals surface area (Å²) < 4.78 is 0. The van der Waals surface area contributed by atoms with E-state index in [4.69, 9.17) is 0 Å². The molecule has 0 saturated heterocycles. The lowest BCUT2D eigenvalue weighted by Gasteiger charge is -2.11. The van der Waals surface area contributed by atoms with Gasteiger partial charge in [0.2, 0.25) is 11.8 Å². The Morgan fingerprint density at radius 3 is 1.23 bits per heavy atom. The number of anilines is 2. The van der Waals surface area contributed by atoms with Gasteiger partial charge in [0, 0.05) is 48.4 Å². The third kappa shape index (κ3) is 12.0. The Labute approximate surface area is 275 Å². The number of carbonyl (C=O) groups excluding carboxylic acids is 4. The van der Waals surface area contributed by atoms with Crippen molar-refractivity contribution in [3.8, 4) is 0 Å². The molecule has 4 amide bonds. The molecular weight excluding hydrogens is 596 g/mol. The zero-order valence-electron chi connectivity index (χ0n) is 26.7. The SMILES string of the molecule is O=C1CCCCCCCCCCCCC(=O)Nc2ccc(cc2)CNC(=O)c2cc(C(=O)O)cc(c2)C(=O)NCc2ccc(cc2)N1. The molecular formula is C37H44N4O6. The van der Waals surface area contributed by atoms with Crippen LogP contribution in [0.5, 0.6) is 0 Å². The molecule has 10 heteroatoms. The van der Waals surface area contributed by atoms with Crippen molar-refractivity contribution < 1.29 is 29.1 Å². The number of amides is 4. The second kappa shape index (κ2) is 18.2. The van der Waals surface area contributed by atoms with Gasteiger partial charge in [0.05, 0.1) is 5.56 Å². The Kier molecular flexibility index (Phi) is 13.5. The number of hydrogen-bond acceptors (Lipinski definition) is 5. The van der Waals surface area contributed by atoms with Gasteiger partial charge >= 0.3 is 5.97 Å². The monoisotopic (exact) mass is 640 g/mol. The highest BCUT2D eigenvalue weighted by atomic mass is 16.4. The lowest BCUT2D eigenvalue weighted by molar-refractivity contribution is -0.117. The number of rotatable bonds is 1. The van der Waals surface area contributed by atoms with E-state index < -0.39 is 17.8 Å². The highest BCUT2D eigenvalue weighted by molar-refractivity contribution is 6.03. The summed E-state index contributed by atoms with van der Waals surface area (Å²) in [5, 5.41) is 21.0. The summed E-state index contributed by atoms with van der Waals surface area (Å²) in [6.45, 7) is 0.338. The Bertz CT molecular complexity index is 1430. The van der Waals surface area contributed by atoms with Gasteiger partial charge in [0.25, 0.3) is 11.8 Å². The number of carboxylic acid groups (broad SMARTS) is 1. The molecule has 3 aliphatic heterocycles. The van der Waals surface area contributed by atoms with Crippen LogP contribution in [0.1, 0.15) is 119 Å². The van der Waals surface area contributed by atoms with Crippen LogP contribution in [0.25, 0.3) is 0 Å². The quantitative estimate of drug-likeness (QED) is 0.197. The summed E-state index contributed by atoms with van der Waals surface area (Å²) in [5.41, 5.74) is 2.82. The van der Waals surface area contributed by atoms with Crippen molar-refractivity contribution in [2.75, 3.05) is 10.6 Å². The number of hydrogen-bond donors (Lipinski definition) is 5. The second-order valence-corrected chi connectivity index (χ2v) is 12.0. The summed E-state index contributed by atoms with van der Waals surface area (Å²) in [6.07, 6.45) is 11.6. The number of benzene rings is 3. The molecule has 3 heterocycles. The highest BCUT2D eigenvalue weighted by Gasteiger charge is 2.16. The van der Waals surface area contributed by atoms with Crippen molar-refractivity contribution >= 4 is 41.0 Å². The zero-order valence-corrected chi connectivity index (χ0v) is 26.7. The number of aromatic carboxylic acids is 1. The van der Waals surface area contributed by atoms with Crippen molar-refractivity contribution in [3.05, 3.63) is 94.5 Å². The Morgan fingerprint density at radius 1 is 0.511 bits per heavy atom. The van der Waals surface area contributed by atoms with Gasteiger partial charge in [-0.25, -0.2) is 4.79 Å². The van der Waals surface area contributed by atoms with Crippen LogP contribution >= 0.6 is 0 Å². The van der Waals surface area contributed by atoms with Gasteiger partial charge in [-0.15, -0.1) is 0 Å². The molecule has 0 saturated carbocycles. The topological polar surface area (TPSA) is 154 Å². The number of fused-ring (bicyclic) bond motifs is 2. The van der Waals surface area contributed by atoms with Gasteiger partial charge in [-0.1, -0.05) is 75.6 Å². The third-order valence-corrected chi connectivity index (χ3v) is 8.14. The minimum absolute atomic E-state index is 0.0307. The standard InChI is InChI=1S/C37H44N4O6/c42-33-11-9-7-5-3-1-2-4-6-8-10-12-34(43)41-32-19-15-27(16-20-32)25-39-36(45)29-21-28(22-30(23-29)37(46)47)35(44)38-24-26-13-17-31(40-33)18-14-26/h13-23H,1-12,24-25H2,(H,38,44)(H,39,45)(H,40,42)(H,41,43)(H,46,47). The van der Waals surface area contributed by atoms with Gasteiger partial charge in [-0.2, -0.15) is 0 Å². The third-order valence-electron chi connectivity index (χ3n) is 8.14. The van der Waals surface area contributed by atoms with E-state index in [2.05, 4.69) is 21.3 Å². The zero-order chi connectivity index (χ0) is 33.4. The van der Waals surface area contributed by atoms with Crippen LogP contribution in [0.4, 0.5) is 11.4 Å². The first-order valence-corrected chi connectivity index (χ1v) is 16.5. The van der Waals surface area contributed by atoms with Gasteiger partial charge in [-0.3, -0.25) is 19.2 Å². The predicted octanol–water partition coefficient (Wildman–Crippen LogP) is 6.82. The lowest BCUT2D eigenvalue weighted by Crippen LogP contribution is -2.26. The fraction of sp³-hybridized carbons (Fsp3) is 0.378. The normalized spacial score (nSPS) is 16.8. The van der Waals surface area contributed by atoms with Gasteiger partial charge in [0.15, 0.2) is 0 Å². The van der Waals surface area contributed by atoms with Crippen LogP contribution < -0.4 is 21.3 Å². The molecule has 0 fully saturated rings. The summed E-state index contributed by atoms with van der Waals surface area (Å²) in [7, 11) is 0. The Morgan fingerprint density at radius 2 is 0.872 bits per heavy atom. The van der Waals surface area contributed by atoms with E-state index in [0.717, 1.165) is 49.7 Å². The number of nitrogens with one attached hydrogen (secondary N) is 4. The van der Waals surface area contributed by atoms with E-state index in [0.29, 0.717) is 24.2 Å². The average molecular weight is 641 g/mol. The largest absolute Gasteiger partial charge is 0.478 e. The Hall–Kier alpha value is -4.99. The van der Waals surface area contributed by atoms with Crippen molar-refractivity contribution in [2.45, 2.75) is 90.1 Å². The van der Waals surface area contributed by atoms with E-state index >= 15 is 0 Å². The molecule has 5 N–H and O–H groups in total. The molecule has 0 spiro atoms. The van der Waals surface area contributed by atoms with Crippen molar-refractivity contribution in [1.82, 2.24) is 10.6 Å². The van der Waals surface area contributed by atoms with Gasteiger partial charge in [0.1, 0.15) is 0 Å². The molecule has 0 radical (unpaired) electrons. The van der Waals surface area contributed by atoms with E-state index in [1.807, 2.05) is 0 Å². The molecule has 0 aromatic heterocycles. The molecule has 6 rings (SSSR count). The molecule has 3 aromatic rings. The van der Waals surface area contributed by atoms with Gasteiger partial charge in [-0.05, 0) is 66.4 Å². The van der Waals surface area contributed by atoms with Gasteiger partial charge < -0.3 is 26.4 Å². The summed E-state index contributed by atoms with van der Waals surface area (Å²) in [4.78, 5) is 62.5. The molecule has 47 heavy (non-hydrogen) atoms. The first kappa shape index (κ1) is 34.9. The minimum atomic E-state index is -1.26. The van der Waals surface area contributed by atoms with Crippen LogP contribution in [-0.4, -0.2) is 34.7 Å². The second-order valence-electron chi connectivity index (χ2n) is 12.0. The molecule has 0 aliphatic carbocycles. The molecule has 0 atom stereocenters. The van der Waals surface area contributed by atoms with Crippen LogP contribution in [0, 0.1) is 0 Å². The summed E-state index contributed by atoms with van der Waals surface area (Å²) >= 11 is 0. The fourth-order valence-electron chi connectivity index (χ4n) is 5.43.